The molecule has 9 nitrogen and oxygen atoms in total. The summed E-state index contributed by atoms with van der Waals surface area (Å²) in [6.07, 6.45) is 1.57. The Hall–Kier alpha value is -3.53. The lowest BCUT2D eigenvalue weighted by Gasteiger charge is -2.19. The quantitative estimate of drug-likeness (QED) is 0.585. The third kappa shape index (κ3) is 4.71. The van der Waals surface area contributed by atoms with Gasteiger partial charge < -0.3 is 24.7 Å². The summed E-state index contributed by atoms with van der Waals surface area (Å²) in [5.74, 6) is 0.937. The monoisotopic (exact) mass is 425 g/mol. The Morgan fingerprint density at radius 3 is 2.67 bits per heavy atom. The molecular weight excluding hydrogens is 406 g/mol. The number of amides is 2. The van der Waals surface area contributed by atoms with Gasteiger partial charge in [0.15, 0.2) is 16.7 Å². The highest BCUT2D eigenvalue weighted by Gasteiger charge is 2.14. The number of hydrogen-bond donors (Lipinski definition) is 2. The summed E-state index contributed by atoms with van der Waals surface area (Å²) in [6.45, 7) is 0.982. The molecule has 0 aliphatic carbocycles. The number of nitrogens with one attached hydrogen (secondary N) is 2. The van der Waals surface area contributed by atoms with Gasteiger partial charge in [-0.1, -0.05) is 17.8 Å². The second kappa shape index (κ2) is 8.87. The molecule has 0 bridgehead atoms. The molecule has 0 saturated carbocycles. The van der Waals surface area contributed by atoms with Crippen LogP contribution in [0.15, 0.2) is 53.9 Å². The highest BCUT2D eigenvalue weighted by Crippen LogP contribution is 2.32. The van der Waals surface area contributed by atoms with E-state index in [1.807, 2.05) is 7.05 Å². The molecule has 1 aliphatic rings. The molecule has 1 aliphatic heterocycles. The number of carbonyl (C=O) groups is 2. The van der Waals surface area contributed by atoms with E-state index in [9.17, 15) is 9.59 Å². The summed E-state index contributed by atoms with van der Waals surface area (Å²) in [6, 6.07) is 12.0. The lowest BCUT2D eigenvalue weighted by Crippen LogP contribution is -2.17. The summed E-state index contributed by atoms with van der Waals surface area (Å²) in [5.41, 5.74) is 1.55. The predicted molar refractivity (Wildman–Crippen MR) is 112 cm³/mol. The summed E-state index contributed by atoms with van der Waals surface area (Å²) in [7, 11) is 1.81. The minimum atomic E-state index is -0.295. The number of hydrogen-bond acceptors (Lipinski definition) is 7. The average molecular weight is 425 g/mol. The van der Waals surface area contributed by atoms with E-state index in [4.69, 9.17) is 9.47 Å². The Bertz CT molecular complexity index is 1080. The molecule has 30 heavy (non-hydrogen) atoms. The molecule has 0 fully saturated rings. The van der Waals surface area contributed by atoms with Crippen molar-refractivity contribution >= 4 is 35.0 Å². The highest BCUT2D eigenvalue weighted by molar-refractivity contribution is 7.99. The number of rotatable bonds is 6. The normalized spacial score (nSPS) is 12.3. The van der Waals surface area contributed by atoms with Crippen LogP contribution < -0.4 is 20.1 Å². The maximum absolute atomic E-state index is 12.6. The van der Waals surface area contributed by atoms with Crippen molar-refractivity contribution in [2.45, 2.75) is 5.16 Å². The van der Waals surface area contributed by atoms with Gasteiger partial charge in [-0.2, -0.15) is 0 Å². The first-order valence-electron chi connectivity index (χ1n) is 9.16. The van der Waals surface area contributed by atoms with E-state index in [-0.39, 0.29) is 17.6 Å². The van der Waals surface area contributed by atoms with Crippen LogP contribution in [0, 0.1) is 0 Å². The molecule has 10 heteroatoms. The number of aromatic nitrogens is 3. The molecule has 4 rings (SSSR count). The summed E-state index contributed by atoms with van der Waals surface area (Å²) >= 11 is 1.28. The van der Waals surface area contributed by atoms with Crippen molar-refractivity contribution in [3.8, 4) is 11.5 Å². The number of fused-ring (bicyclic) bond motifs is 1. The summed E-state index contributed by atoms with van der Waals surface area (Å²) in [5, 5.41) is 14.0. The fourth-order valence-corrected chi connectivity index (χ4v) is 3.48. The van der Waals surface area contributed by atoms with Crippen molar-refractivity contribution in [3.63, 3.8) is 0 Å². The second-order valence-electron chi connectivity index (χ2n) is 6.45. The number of nitrogens with zero attached hydrogens (tertiary/aromatic N) is 3. The Labute approximate surface area is 176 Å². The Balaban J connectivity index is 1.37. The Morgan fingerprint density at radius 1 is 1.07 bits per heavy atom. The molecule has 2 aromatic carbocycles. The van der Waals surface area contributed by atoms with Gasteiger partial charge in [0.2, 0.25) is 5.91 Å². The van der Waals surface area contributed by atoms with Crippen molar-refractivity contribution in [1.82, 2.24) is 14.8 Å². The van der Waals surface area contributed by atoms with Crippen LogP contribution in [0.5, 0.6) is 11.5 Å². The van der Waals surface area contributed by atoms with Gasteiger partial charge in [0, 0.05) is 30.1 Å². The maximum Gasteiger partial charge on any atom is 0.255 e. The zero-order valence-electron chi connectivity index (χ0n) is 16.1. The SMILES string of the molecule is Cn1cnnc1SCC(=O)Nc1cccc(C(=O)Nc2ccc3c(c2)OCCO3)c1. The largest absolute Gasteiger partial charge is 0.486 e. The fourth-order valence-electron chi connectivity index (χ4n) is 2.79. The minimum Gasteiger partial charge on any atom is -0.486 e. The third-order valence-corrected chi connectivity index (χ3v) is 5.25. The van der Waals surface area contributed by atoms with Crippen LogP contribution in [0.1, 0.15) is 10.4 Å². The standard InChI is InChI=1S/C20H19N5O4S/c1-25-12-21-24-20(25)30-11-18(26)22-14-4-2-3-13(9-14)19(27)23-15-5-6-16-17(10-15)29-8-7-28-16/h2-6,9-10,12H,7-8,11H2,1H3,(H,22,26)(H,23,27). The van der Waals surface area contributed by atoms with E-state index in [1.54, 1.807) is 53.4 Å². The maximum atomic E-state index is 12.6. The molecule has 0 unspecified atom stereocenters. The summed E-state index contributed by atoms with van der Waals surface area (Å²) < 4.78 is 12.8. The van der Waals surface area contributed by atoms with Gasteiger partial charge in [0.1, 0.15) is 19.5 Å². The minimum absolute atomic E-state index is 0.181. The van der Waals surface area contributed by atoms with Crippen molar-refractivity contribution in [1.29, 1.82) is 0 Å². The van der Waals surface area contributed by atoms with Gasteiger partial charge in [-0.05, 0) is 30.3 Å². The summed E-state index contributed by atoms with van der Waals surface area (Å²) in [4.78, 5) is 24.8. The molecule has 154 valence electrons. The number of aryl methyl sites for hydroxylation is 1. The molecule has 0 spiro atoms. The van der Waals surface area contributed by atoms with Gasteiger partial charge in [0.05, 0.1) is 5.75 Å². The molecule has 3 aromatic rings. The molecule has 2 amide bonds. The highest BCUT2D eigenvalue weighted by atomic mass is 32.2. The first kappa shape index (κ1) is 19.8. The lowest BCUT2D eigenvalue weighted by molar-refractivity contribution is -0.113. The van der Waals surface area contributed by atoms with Crippen molar-refractivity contribution in [3.05, 3.63) is 54.4 Å². The van der Waals surface area contributed by atoms with Gasteiger partial charge in [-0.3, -0.25) is 9.59 Å². The zero-order chi connectivity index (χ0) is 20.9. The number of benzene rings is 2. The molecule has 2 heterocycles. The lowest BCUT2D eigenvalue weighted by atomic mass is 10.1. The van der Waals surface area contributed by atoms with Crippen LogP contribution in [-0.2, 0) is 11.8 Å². The van der Waals surface area contributed by atoms with E-state index < -0.39 is 0 Å². The van der Waals surface area contributed by atoms with E-state index >= 15 is 0 Å². The van der Waals surface area contributed by atoms with Gasteiger partial charge in [-0.15, -0.1) is 10.2 Å². The van der Waals surface area contributed by atoms with E-state index in [1.165, 1.54) is 11.8 Å². The van der Waals surface area contributed by atoms with Crippen LogP contribution in [-0.4, -0.2) is 45.5 Å². The number of thioether (sulfide) groups is 1. The fraction of sp³-hybridized carbons (Fsp3) is 0.200. The number of ether oxygens (including phenoxy) is 2. The smallest absolute Gasteiger partial charge is 0.255 e. The van der Waals surface area contributed by atoms with Crippen molar-refractivity contribution in [2.24, 2.45) is 7.05 Å². The Kier molecular flexibility index (Phi) is 5.84. The van der Waals surface area contributed by atoms with Crippen LogP contribution >= 0.6 is 11.8 Å². The third-order valence-electron chi connectivity index (χ3n) is 4.21. The predicted octanol–water partition coefficient (Wildman–Crippen LogP) is 2.57. The van der Waals surface area contributed by atoms with Crippen molar-refractivity contribution in [2.75, 3.05) is 29.6 Å². The van der Waals surface area contributed by atoms with Crippen LogP contribution in [0.2, 0.25) is 0 Å². The van der Waals surface area contributed by atoms with E-state index in [0.29, 0.717) is 46.8 Å². The zero-order valence-corrected chi connectivity index (χ0v) is 16.9. The topological polar surface area (TPSA) is 107 Å². The second-order valence-corrected chi connectivity index (χ2v) is 7.40. The van der Waals surface area contributed by atoms with E-state index in [2.05, 4.69) is 20.8 Å². The van der Waals surface area contributed by atoms with Gasteiger partial charge >= 0.3 is 0 Å². The van der Waals surface area contributed by atoms with Crippen LogP contribution in [0.3, 0.4) is 0 Å². The molecular formula is C20H19N5O4S. The van der Waals surface area contributed by atoms with Gasteiger partial charge in [-0.25, -0.2) is 0 Å². The number of carbonyl (C=O) groups excluding carboxylic acids is 2. The van der Waals surface area contributed by atoms with Gasteiger partial charge in [0.25, 0.3) is 5.91 Å². The van der Waals surface area contributed by atoms with Crippen molar-refractivity contribution < 1.29 is 19.1 Å². The molecule has 0 radical (unpaired) electrons. The molecule has 0 atom stereocenters. The van der Waals surface area contributed by atoms with Crippen LogP contribution in [0.25, 0.3) is 0 Å². The number of anilines is 2. The molecule has 1 aromatic heterocycles. The van der Waals surface area contributed by atoms with E-state index in [0.717, 1.165) is 0 Å². The van der Waals surface area contributed by atoms with Crippen LogP contribution in [0.4, 0.5) is 11.4 Å². The first-order chi connectivity index (χ1) is 14.6. The molecule has 0 saturated heterocycles. The first-order valence-corrected chi connectivity index (χ1v) is 10.1. The molecule has 2 N–H and O–H groups in total. The Morgan fingerprint density at radius 2 is 1.87 bits per heavy atom. The average Bonchev–Trinajstić information content (AvgIpc) is 3.17.